The predicted octanol–water partition coefficient (Wildman–Crippen LogP) is 15.3. The van der Waals surface area contributed by atoms with E-state index in [1.54, 1.807) is 32.7 Å². The minimum absolute atomic E-state index is 0.0199. The molecule has 2 aliphatic rings. The molecule has 12 aromatic rings. The van der Waals surface area contributed by atoms with E-state index in [2.05, 4.69) is 126 Å². The number of ketones is 2. The van der Waals surface area contributed by atoms with Gasteiger partial charge in [-0.15, -0.1) is 0 Å². The maximum Gasteiger partial charge on any atom is 0.274 e. The van der Waals surface area contributed by atoms with Gasteiger partial charge < -0.3 is 59.6 Å². The second-order valence-electron chi connectivity index (χ2n) is 27.8. The third kappa shape index (κ3) is 21.5. The molecule has 24 heteroatoms. The Labute approximate surface area is 625 Å². The molecule has 558 valence electrons. The van der Waals surface area contributed by atoms with E-state index < -0.39 is 0 Å². The molecule has 8 aromatic heterocycles. The lowest BCUT2D eigenvalue weighted by Crippen LogP contribution is -2.37. The molecule has 8 heterocycles. The number of Topliss-reactive ketones (excluding diaryl/α,β-unsaturated/α-hetero) is 2. The summed E-state index contributed by atoms with van der Waals surface area (Å²) in [6, 6.07) is 37.5. The highest BCUT2D eigenvalue weighted by Crippen LogP contribution is 2.33. The Balaban J connectivity index is 0.000000142. The van der Waals surface area contributed by atoms with E-state index in [9.17, 15) is 19.2 Å². The molecule has 0 saturated heterocycles. The lowest BCUT2D eigenvalue weighted by molar-refractivity contribution is 0.0980. The van der Waals surface area contributed by atoms with Crippen LogP contribution in [0.15, 0.2) is 165 Å². The molecule has 0 aliphatic heterocycles. The minimum Gasteiger partial charge on any atom is -0.383 e. The van der Waals surface area contributed by atoms with Crippen LogP contribution in [-0.2, 0) is 22.3 Å². The van der Waals surface area contributed by atoms with Crippen LogP contribution >= 0.6 is 0 Å². The first-order valence-corrected chi connectivity index (χ1v) is 37.4. The molecule has 2 saturated carbocycles. The van der Waals surface area contributed by atoms with Crippen molar-refractivity contribution >= 4 is 102 Å². The monoisotopic (exact) mass is 1440 g/mol. The first kappa shape index (κ1) is 76.9. The Hall–Kier alpha value is -11.2. The Bertz CT molecular complexity index is 4870. The molecule has 24 nitrogen and oxygen atoms in total. The van der Waals surface area contributed by atoms with E-state index in [0.29, 0.717) is 85.4 Å². The molecular weight excluding hydrogens is 1350 g/mol. The van der Waals surface area contributed by atoms with Crippen molar-refractivity contribution in [3.05, 3.63) is 205 Å². The van der Waals surface area contributed by atoms with Crippen molar-refractivity contribution in [2.75, 3.05) is 103 Å². The van der Waals surface area contributed by atoms with Crippen LogP contribution in [-0.4, -0.2) is 162 Å². The molecule has 4 aromatic carbocycles. The number of rotatable bonds is 31. The van der Waals surface area contributed by atoms with E-state index in [-0.39, 0.29) is 23.4 Å². The Morgan fingerprint density at radius 3 is 1.40 bits per heavy atom. The van der Waals surface area contributed by atoms with Crippen LogP contribution in [0.2, 0.25) is 0 Å². The summed E-state index contributed by atoms with van der Waals surface area (Å²) < 4.78 is 10.3. The molecule has 2 fully saturated rings. The number of aromatic nitrogens is 12. The maximum absolute atomic E-state index is 12.9. The number of carbonyl (C=O) groups is 4. The van der Waals surface area contributed by atoms with Gasteiger partial charge in [-0.1, -0.05) is 59.6 Å². The number of amides is 2. The van der Waals surface area contributed by atoms with Crippen LogP contribution in [0.3, 0.4) is 0 Å². The van der Waals surface area contributed by atoms with Crippen LogP contribution < -0.4 is 30.2 Å². The van der Waals surface area contributed by atoms with Crippen LogP contribution in [0.25, 0.3) is 43.6 Å². The number of nitrogens with one attached hydrogen (secondary N) is 6. The third-order valence-electron chi connectivity index (χ3n) is 18.9. The lowest BCUT2D eigenvalue weighted by atomic mass is 10.0. The summed E-state index contributed by atoms with van der Waals surface area (Å²) in [5.41, 5.74) is 10.4. The normalized spacial score (nSPS) is 12.6. The van der Waals surface area contributed by atoms with Crippen LogP contribution in [0.1, 0.15) is 151 Å². The van der Waals surface area contributed by atoms with Gasteiger partial charge in [0.25, 0.3) is 11.8 Å². The summed E-state index contributed by atoms with van der Waals surface area (Å²) in [6.45, 7) is 20.0. The summed E-state index contributed by atoms with van der Waals surface area (Å²) in [6.07, 6.45) is 24.9. The predicted molar refractivity (Wildman–Crippen MR) is 426 cm³/mol. The maximum atomic E-state index is 12.9. The van der Waals surface area contributed by atoms with Crippen molar-refractivity contribution in [2.24, 2.45) is 11.8 Å². The van der Waals surface area contributed by atoms with Gasteiger partial charge >= 0.3 is 0 Å². The number of methoxy groups -OCH3 is 2. The van der Waals surface area contributed by atoms with Gasteiger partial charge in [0.2, 0.25) is 0 Å². The number of aromatic amines is 4. The SMILES string of the molecule is CC(C)CN(c1cc(C(=O)Cc2ccc3[nH]ccc3c2)ncn1)C1CCCC1.CCCN(CC1CC1)c1cc(C(=O)Nc2cc3cc[nH]c3cc2C)ncn1.CCCN(CCC)c1cc(C(=O)Cc2ccc3[nH]ccc3c2)ncn1.COCCN(CCOC)c1cc(C(=O)Nc2ccc3[nH]ccc3c2)ncn1. The lowest BCUT2D eigenvalue weighted by Gasteiger charge is -2.31. The minimum atomic E-state index is -0.285. The Morgan fingerprint density at radius 2 is 0.897 bits per heavy atom. The first-order chi connectivity index (χ1) is 52.1. The highest BCUT2D eigenvalue weighted by atomic mass is 16.5. The number of nitrogens with zero attached hydrogens (tertiary/aromatic N) is 12. The van der Waals surface area contributed by atoms with E-state index in [4.69, 9.17) is 9.47 Å². The average molecular weight is 1450 g/mol. The summed E-state index contributed by atoms with van der Waals surface area (Å²) >= 11 is 0. The molecule has 14 rings (SSSR count). The van der Waals surface area contributed by atoms with E-state index in [1.807, 2.05) is 134 Å². The van der Waals surface area contributed by atoms with Gasteiger partial charge in [-0.3, -0.25) is 19.2 Å². The molecular formula is C83H100N18O6. The second-order valence-corrected chi connectivity index (χ2v) is 27.8. The molecule has 0 radical (unpaired) electrons. The van der Waals surface area contributed by atoms with Crippen molar-refractivity contribution in [1.29, 1.82) is 0 Å². The highest BCUT2D eigenvalue weighted by molar-refractivity contribution is 6.05. The topological polar surface area (TPSA) is 290 Å². The molecule has 107 heavy (non-hydrogen) atoms. The summed E-state index contributed by atoms with van der Waals surface area (Å²) in [5.74, 6) is 4.09. The second kappa shape index (κ2) is 38.2. The zero-order valence-electron chi connectivity index (χ0n) is 62.8. The van der Waals surface area contributed by atoms with Crippen molar-refractivity contribution in [2.45, 2.75) is 118 Å². The standard InChI is InChI=1S/C23H28N4O.C21H25N5O.C20H24N4O.C19H23N5O3/c1-16(2)14-27(19-5-3-4-6-19)23-13-21(25-15-26-23)22(28)12-17-7-8-20-18(11-17)9-10-24-20;1-3-8-26(12-15-4-5-15)20-11-19(23-13-24-20)21(27)25-17-10-16-6-7-22-18(16)9-14(17)2;1-3-9-24(10-4-2)20-13-18(22-14-23-20)19(25)12-15-5-6-17-16(11-15)7-8-21-17;1-26-9-7-24(8-10-27-2)18-12-17(21-13-22-18)19(25)23-15-3-4-16-14(11-15)5-6-20-16/h7-11,13,15-16,19,24H,3-6,12,14H2,1-2H3;6-7,9-11,13,15,22H,3-5,8,12H2,1-2H3,(H,25,27);5-8,11,13-14,21H,3-4,9-10,12H2,1-2H3;3-6,11-13,20H,7-10H2,1-2H3,(H,23,25). The number of anilines is 6. The van der Waals surface area contributed by atoms with Gasteiger partial charge in [0, 0.05) is 172 Å². The van der Waals surface area contributed by atoms with Gasteiger partial charge in [0.1, 0.15) is 71.4 Å². The molecule has 2 aliphatic carbocycles. The molecule has 0 spiro atoms. The molecule has 0 atom stereocenters. The number of ether oxygens (including phenoxy) is 2. The third-order valence-corrected chi connectivity index (χ3v) is 18.9. The average Bonchev–Trinajstić information content (AvgIpc) is 1.84. The van der Waals surface area contributed by atoms with Crippen LogP contribution in [0, 0.1) is 18.8 Å². The van der Waals surface area contributed by atoms with E-state index in [0.717, 1.165) is 141 Å². The highest BCUT2D eigenvalue weighted by Gasteiger charge is 2.27. The summed E-state index contributed by atoms with van der Waals surface area (Å²) in [5, 5.41) is 10.2. The van der Waals surface area contributed by atoms with Crippen molar-refractivity contribution in [1.82, 2.24) is 59.8 Å². The summed E-state index contributed by atoms with van der Waals surface area (Å²) in [7, 11) is 3.29. The van der Waals surface area contributed by atoms with Gasteiger partial charge in [-0.25, -0.2) is 39.9 Å². The fourth-order valence-electron chi connectivity index (χ4n) is 13.3. The van der Waals surface area contributed by atoms with Gasteiger partial charge in [0.05, 0.1) is 13.2 Å². The van der Waals surface area contributed by atoms with Crippen molar-refractivity contribution in [3.8, 4) is 0 Å². The molecule has 2 amide bonds. The fourth-order valence-corrected chi connectivity index (χ4v) is 13.3. The van der Waals surface area contributed by atoms with Gasteiger partial charge in [-0.2, -0.15) is 0 Å². The van der Waals surface area contributed by atoms with Gasteiger partial charge in [-0.05, 0) is 170 Å². The molecule has 0 bridgehead atoms. The van der Waals surface area contributed by atoms with E-state index >= 15 is 0 Å². The number of H-pyrrole nitrogens is 4. The number of fused-ring (bicyclic) bond motifs is 4. The zero-order valence-corrected chi connectivity index (χ0v) is 62.8. The number of hydrogen-bond donors (Lipinski definition) is 6. The fraction of sp³-hybridized carbons (Fsp3) is 0.373. The molecule has 0 unspecified atom stereocenters. The van der Waals surface area contributed by atoms with Gasteiger partial charge in [0.15, 0.2) is 11.6 Å². The zero-order chi connectivity index (χ0) is 75.0. The van der Waals surface area contributed by atoms with Crippen molar-refractivity contribution < 1.29 is 28.7 Å². The largest absolute Gasteiger partial charge is 0.383 e. The number of carbonyl (C=O) groups excluding carboxylic acids is 4. The van der Waals surface area contributed by atoms with Crippen LogP contribution in [0.5, 0.6) is 0 Å². The Kier molecular flexibility index (Phi) is 27.4. The number of benzene rings is 4. The smallest absolute Gasteiger partial charge is 0.274 e. The number of aryl methyl sites for hydroxylation is 1. The molecule has 6 N–H and O–H groups in total. The number of hydrogen-bond acceptors (Lipinski definition) is 18. The van der Waals surface area contributed by atoms with Crippen LogP contribution in [0.4, 0.5) is 34.6 Å². The van der Waals surface area contributed by atoms with E-state index in [1.165, 1.54) is 57.5 Å². The van der Waals surface area contributed by atoms with Crippen molar-refractivity contribution in [3.63, 3.8) is 0 Å². The summed E-state index contributed by atoms with van der Waals surface area (Å²) in [4.78, 5) is 107. The quantitative estimate of drug-likeness (QED) is 0.0220. The first-order valence-electron chi connectivity index (χ1n) is 37.4. The Morgan fingerprint density at radius 1 is 0.467 bits per heavy atom.